The van der Waals surface area contributed by atoms with Crippen LogP contribution in [-0.4, -0.2) is 44.7 Å². The highest BCUT2D eigenvalue weighted by atomic mass is 16.6. The summed E-state index contributed by atoms with van der Waals surface area (Å²) in [6, 6.07) is 0. The van der Waals surface area contributed by atoms with E-state index in [4.69, 9.17) is 9.47 Å². The second-order valence-corrected chi connectivity index (χ2v) is 8.11. The number of hydrogen-bond acceptors (Lipinski definition) is 6. The number of carbonyl (C=O) groups is 2. The molecule has 1 aromatic heterocycles. The Morgan fingerprint density at radius 2 is 2.32 bits per heavy atom. The van der Waals surface area contributed by atoms with Crippen molar-refractivity contribution in [3.8, 4) is 0 Å². The molecule has 1 amide bonds. The Labute approximate surface area is 163 Å². The number of esters is 1. The Bertz CT molecular complexity index is 845. The molecule has 2 aliphatic heterocycles. The number of carbonyl (C=O) groups excluding carboxylic acids is 2. The van der Waals surface area contributed by atoms with Crippen molar-refractivity contribution in [3.63, 3.8) is 0 Å². The molecule has 28 heavy (non-hydrogen) atoms. The van der Waals surface area contributed by atoms with Crippen molar-refractivity contribution in [2.45, 2.75) is 70.4 Å². The second kappa shape index (κ2) is 7.16. The summed E-state index contributed by atoms with van der Waals surface area (Å²) in [4.78, 5) is 23.1. The van der Waals surface area contributed by atoms with Crippen LogP contribution in [0.15, 0.2) is 30.0 Å². The molecule has 3 aliphatic rings. The van der Waals surface area contributed by atoms with E-state index in [2.05, 4.69) is 35.2 Å². The molecule has 1 N–H and O–H groups in total. The standard InChI is InChI=1S/C20H26N4O4/c1-12-16-7-6-14(10-24-11-15(22-23-24)9-21-13(2)25)5-4-8-20(3)18(28-20)17(16)27-19(12)26/h5,11,16-18H,1,4,6-10H2,2-3H3,(H,21,25)/b14-5+/t16-,17-,18+,20+/m0/s1. The molecule has 0 unspecified atom stereocenters. The van der Waals surface area contributed by atoms with E-state index in [1.807, 2.05) is 6.20 Å². The Kier molecular flexibility index (Phi) is 4.82. The third-order valence-corrected chi connectivity index (χ3v) is 5.91. The topological polar surface area (TPSA) is 98.6 Å². The molecule has 2 saturated heterocycles. The number of fused-ring (bicyclic) bond motifs is 3. The lowest BCUT2D eigenvalue weighted by Gasteiger charge is -2.20. The maximum absolute atomic E-state index is 12.0. The maximum Gasteiger partial charge on any atom is 0.334 e. The third-order valence-electron chi connectivity index (χ3n) is 5.91. The first-order valence-corrected chi connectivity index (χ1v) is 9.75. The average Bonchev–Trinajstić information content (AvgIpc) is 2.96. The first-order chi connectivity index (χ1) is 13.4. The van der Waals surface area contributed by atoms with E-state index in [-0.39, 0.29) is 35.6 Å². The number of nitrogens with one attached hydrogen (secondary N) is 1. The zero-order chi connectivity index (χ0) is 19.9. The monoisotopic (exact) mass is 386 g/mol. The van der Waals surface area contributed by atoms with Crippen LogP contribution in [0.2, 0.25) is 0 Å². The van der Waals surface area contributed by atoms with E-state index >= 15 is 0 Å². The molecule has 8 heteroatoms. The van der Waals surface area contributed by atoms with Crippen LogP contribution in [0.4, 0.5) is 0 Å². The van der Waals surface area contributed by atoms with Crippen molar-refractivity contribution in [2.75, 3.05) is 0 Å². The summed E-state index contributed by atoms with van der Waals surface area (Å²) in [5, 5.41) is 11.0. The van der Waals surface area contributed by atoms with Gasteiger partial charge < -0.3 is 14.8 Å². The molecule has 150 valence electrons. The minimum atomic E-state index is -0.295. The summed E-state index contributed by atoms with van der Waals surface area (Å²) in [7, 11) is 0. The lowest BCUT2D eigenvalue weighted by atomic mass is 9.84. The molecule has 0 saturated carbocycles. The fraction of sp³-hybridized carbons (Fsp3) is 0.600. The molecule has 0 bridgehead atoms. The van der Waals surface area contributed by atoms with E-state index in [9.17, 15) is 9.59 Å². The van der Waals surface area contributed by atoms with Gasteiger partial charge in [-0.3, -0.25) is 4.79 Å². The number of aromatic nitrogens is 3. The van der Waals surface area contributed by atoms with Gasteiger partial charge in [-0.1, -0.05) is 23.4 Å². The van der Waals surface area contributed by atoms with Crippen molar-refractivity contribution in [3.05, 3.63) is 35.7 Å². The predicted molar refractivity (Wildman–Crippen MR) is 99.9 cm³/mol. The Morgan fingerprint density at radius 1 is 1.50 bits per heavy atom. The molecule has 4 rings (SSSR count). The van der Waals surface area contributed by atoms with Crippen LogP contribution in [0.25, 0.3) is 0 Å². The molecule has 0 radical (unpaired) electrons. The quantitative estimate of drug-likeness (QED) is 0.366. The molecule has 4 atom stereocenters. The van der Waals surface area contributed by atoms with Gasteiger partial charge in [-0.15, -0.1) is 5.10 Å². The first kappa shape index (κ1) is 18.9. The van der Waals surface area contributed by atoms with Gasteiger partial charge in [0.25, 0.3) is 0 Å². The van der Waals surface area contributed by atoms with Crippen molar-refractivity contribution < 1.29 is 19.1 Å². The van der Waals surface area contributed by atoms with Crippen molar-refractivity contribution in [1.82, 2.24) is 20.3 Å². The summed E-state index contributed by atoms with van der Waals surface area (Å²) < 4.78 is 13.3. The molecule has 1 aliphatic carbocycles. The largest absolute Gasteiger partial charge is 0.455 e. The maximum atomic E-state index is 12.0. The highest BCUT2D eigenvalue weighted by molar-refractivity contribution is 5.91. The zero-order valence-corrected chi connectivity index (χ0v) is 16.3. The minimum Gasteiger partial charge on any atom is -0.455 e. The Morgan fingerprint density at radius 3 is 3.11 bits per heavy atom. The molecule has 0 aromatic carbocycles. The summed E-state index contributed by atoms with van der Waals surface area (Å²) in [6.07, 6.45) is 7.27. The number of rotatable bonds is 4. The summed E-state index contributed by atoms with van der Waals surface area (Å²) in [5.41, 5.74) is 2.29. The number of allylic oxidation sites excluding steroid dienone is 2. The van der Waals surface area contributed by atoms with Crippen molar-refractivity contribution in [1.29, 1.82) is 0 Å². The fourth-order valence-corrected chi connectivity index (χ4v) is 4.18. The van der Waals surface area contributed by atoms with Crippen LogP contribution in [0, 0.1) is 5.92 Å². The van der Waals surface area contributed by atoms with E-state index in [0.717, 1.165) is 31.4 Å². The number of amides is 1. The van der Waals surface area contributed by atoms with E-state index in [0.29, 0.717) is 18.7 Å². The molecule has 1 aromatic rings. The lowest BCUT2D eigenvalue weighted by Crippen LogP contribution is -2.29. The van der Waals surface area contributed by atoms with E-state index in [1.54, 1.807) is 4.68 Å². The number of nitrogens with zero attached hydrogens (tertiary/aromatic N) is 3. The van der Waals surface area contributed by atoms with Crippen LogP contribution in [0.5, 0.6) is 0 Å². The molecular formula is C20H26N4O4. The molecule has 3 heterocycles. The van der Waals surface area contributed by atoms with Crippen molar-refractivity contribution >= 4 is 11.9 Å². The van der Waals surface area contributed by atoms with Crippen LogP contribution in [0.3, 0.4) is 0 Å². The van der Waals surface area contributed by atoms with Crippen LogP contribution in [0.1, 0.15) is 45.2 Å². The Hall–Kier alpha value is -2.48. The van der Waals surface area contributed by atoms with Crippen LogP contribution < -0.4 is 5.32 Å². The van der Waals surface area contributed by atoms with Gasteiger partial charge in [0.1, 0.15) is 17.9 Å². The molecule has 8 nitrogen and oxygen atoms in total. The highest BCUT2D eigenvalue weighted by Gasteiger charge is 2.61. The smallest absolute Gasteiger partial charge is 0.334 e. The van der Waals surface area contributed by atoms with Crippen LogP contribution in [-0.2, 0) is 32.2 Å². The van der Waals surface area contributed by atoms with Gasteiger partial charge in [0, 0.05) is 18.4 Å². The van der Waals surface area contributed by atoms with Gasteiger partial charge in [-0.2, -0.15) is 0 Å². The Balaban J connectivity index is 1.46. The summed E-state index contributed by atoms with van der Waals surface area (Å²) >= 11 is 0. The number of hydrogen-bond donors (Lipinski definition) is 1. The van der Waals surface area contributed by atoms with Gasteiger partial charge in [0.15, 0.2) is 0 Å². The van der Waals surface area contributed by atoms with Gasteiger partial charge >= 0.3 is 5.97 Å². The number of epoxide rings is 1. The fourth-order valence-electron chi connectivity index (χ4n) is 4.18. The van der Waals surface area contributed by atoms with Crippen molar-refractivity contribution in [2.24, 2.45) is 5.92 Å². The predicted octanol–water partition coefficient (Wildman–Crippen LogP) is 1.67. The van der Waals surface area contributed by atoms with Gasteiger partial charge in [0.2, 0.25) is 5.91 Å². The average molecular weight is 386 g/mol. The molecular weight excluding hydrogens is 360 g/mol. The summed E-state index contributed by atoms with van der Waals surface area (Å²) in [6.45, 7) is 8.52. The number of ether oxygens (including phenoxy) is 2. The normalized spacial score (nSPS) is 33.9. The van der Waals surface area contributed by atoms with Crippen LogP contribution >= 0.6 is 0 Å². The zero-order valence-electron chi connectivity index (χ0n) is 16.3. The van der Waals surface area contributed by atoms with Gasteiger partial charge in [-0.05, 0) is 32.6 Å². The van der Waals surface area contributed by atoms with Gasteiger partial charge in [0.05, 0.1) is 24.9 Å². The molecule has 2 fully saturated rings. The lowest BCUT2D eigenvalue weighted by molar-refractivity contribution is -0.140. The SMILES string of the molecule is C=C1C(=O)O[C@@H]2[C@H]3O[C@]3(C)CC/C=C(/Cn3cc(CNC(C)=O)nn3)CC[C@@H]12. The summed E-state index contributed by atoms with van der Waals surface area (Å²) in [5.74, 6) is -0.398. The first-order valence-electron chi connectivity index (χ1n) is 9.75. The highest BCUT2D eigenvalue weighted by Crippen LogP contribution is 2.49. The third kappa shape index (κ3) is 3.73. The van der Waals surface area contributed by atoms with E-state index < -0.39 is 0 Å². The minimum absolute atomic E-state index is 0.00750. The van der Waals surface area contributed by atoms with Gasteiger partial charge in [-0.25, -0.2) is 9.48 Å². The second-order valence-electron chi connectivity index (χ2n) is 8.11. The van der Waals surface area contributed by atoms with E-state index in [1.165, 1.54) is 12.5 Å². The molecule has 0 spiro atoms.